The summed E-state index contributed by atoms with van der Waals surface area (Å²) in [5, 5.41) is 2.53. The number of carbonyl (C=O) groups excluding carboxylic acids is 2. The summed E-state index contributed by atoms with van der Waals surface area (Å²) in [5.41, 5.74) is -1.15. The fraction of sp³-hybridized carbons (Fsp3) is 0.500. The normalized spacial score (nSPS) is 12.1. The van der Waals surface area contributed by atoms with Gasteiger partial charge in [0.15, 0.2) is 0 Å². The van der Waals surface area contributed by atoms with E-state index in [0.717, 1.165) is 16.4 Å². The van der Waals surface area contributed by atoms with Gasteiger partial charge in [0.2, 0.25) is 15.9 Å². The van der Waals surface area contributed by atoms with Gasteiger partial charge in [0.25, 0.3) is 0 Å². The lowest BCUT2D eigenvalue weighted by atomic mass is 10.1. The van der Waals surface area contributed by atoms with Crippen LogP contribution < -0.4 is 5.32 Å². The molecule has 0 spiro atoms. The van der Waals surface area contributed by atoms with Gasteiger partial charge in [-0.2, -0.15) is 0 Å². The lowest BCUT2D eigenvalue weighted by Crippen LogP contribution is -2.50. The summed E-state index contributed by atoms with van der Waals surface area (Å²) in [4.78, 5) is 23.4. The van der Waals surface area contributed by atoms with Crippen molar-refractivity contribution < 1.29 is 27.1 Å². The molecule has 0 saturated heterocycles. The number of hydrogen-bond donors (Lipinski definition) is 1. The Morgan fingerprint density at radius 2 is 1.80 bits per heavy atom. The first-order valence-corrected chi connectivity index (χ1v) is 9.06. The first-order chi connectivity index (χ1) is 11.5. The van der Waals surface area contributed by atoms with E-state index in [9.17, 15) is 22.4 Å². The highest BCUT2D eigenvalue weighted by atomic mass is 32.2. The number of methoxy groups -OCH3 is 1. The van der Waals surface area contributed by atoms with Crippen molar-refractivity contribution in [1.29, 1.82) is 0 Å². The monoisotopic (exact) mass is 374 g/mol. The van der Waals surface area contributed by atoms with Crippen LogP contribution in [0.5, 0.6) is 0 Å². The Hall–Kier alpha value is -2.00. The number of carbonyl (C=O) groups is 2. The molecular formula is C16H23FN2O5S. The van der Waals surface area contributed by atoms with Gasteiger partial charge in [-0.25, -0.2) is 21.9 Å². The molecule has 0 aliphatic heterocycles. The zero-order chi connectivity index (χ0) is 19.3. The van der Waals surface area contributed by atoms with Crippen LogP contribution in [0.25, 0.3) is 0 Å². The van der Waals surface area contributed by atoms with Gasteiger partial charge in [-0.3, -0.25) is 4.79 Å². The number of rotatable bonds is 8. The molecule has 0 aliphatic carbocycles. The Morgan fingerprint density at radius 1 is 1.24 bits per heavy atom. The molecule has 9 heteroatoms. The number of ether oxygens (including phenoxy) is 1. The van der Waals surface area contributed by atoms with Crippen LogP contribution in [0.3, 0.4) is 0 Å². The predicted octanol–water partition coefficient (Wildman–Crippen LogP) is 1.29. The molecule has 1 N–H and O–H groups in total. The summed E-state index contributed by atoms with van der Waals surface area (Å²) in [6.45, 7) is 3.13. The Morgan fingerprint density at radius 3 is 2.32 bits per heavy atom. The topological polar surface area (TPSA) is 92.8 Å². The third kappa shape index (κ3) is 5.79. The van der Waals surface area contributed by atoms with E-state index in [-0.39, 0.29) is 30.2 Å². The van der Waals surface area contributed by atoms with Gasteiger partial charge < -0.3 is 10.1 Å². The molecule has 1 aromatic rings. The van der Waals surface area contributed by atoms with Crippen LogP contribution in [0.1, 0.15) is 26.7 Å². The molecule has 0 bridgehead atoms. The van der Waals surface area contributed by atoms with Crippen LogP contribution in [0.2, 0.25) is 0 Å². The average Bonchev–Trinajstić information content (AvgIpc) is 2.53. The molecule has 0 aliphatic rings. The van der Waals surface area contributed by atoms with Crippen molar-refractivity contribution in [3.8, 4) is 0 Å². The fourth-order valence-electron chi connectivity index (χ4n) is 2.09. The van der Waals surface area contributed by atoms with Crippen LogP contribution in [0.4, 0.5) is 4.39 Å². The van der Waals surface area contributed by atoms with Crippen molar-refractivity contribution in [2.24, 2.45) is 0 Å². The number of halogens is 1. The van der Waals surface area contributed by atoms with Crippen LogP contribution in [-0.2, 0) is 24.3 Å². The smallest absolute Gasteiger partial charge is 0.330 e. The number of hydrogen-bond acceptors (Lipinski definition) is 5. The molecule has 0 fully saturated rings. The second-order valence-electron chi connectivity index (χ2n) is 6.05. The van der Waals surface area contributed by atoms with Gasteiger partial charge in [-0.1, -0.05) is 0 Å². The van der Waals surface area contributed by atoms with Gasteiger partial charge >= 0.3 is 5.97 Å². The fourth-order valence-corrected chi connectivity index (χ4v) is 3.30. The molecule has 0 radical (unpaired) electrons. The zero-order valence-corrected chi connectivity index (χ0v) is 15.5. The Kier molecular flexibility index (Phi) is 7.06. The highest BCUT2D eigenvalue weighted by Crippen LogP contribution is 2.15. The summed E-state index contributed by atoms with van der Waals surface area (Å²) < 4.78 is 43.2. The number of benzene rings is 1. The van der Waals surface area contributed by atoms with E-state index in [1.807, 2.05) is 0 Å². The van der Waals surface area contributed by atoms with Crippen molar-refractivity contribution in [3.05, 3.63) is 30.1 Å². The summed E-state index contributed by atoms with van der Waals surface area (Å²) in [5.74, 6) is -1.48. The predicted molar refractivity (Wildman–Crippen MR) is 89.7 cm³/mol. The largest absolute Gasteiger partial charge is 0.467 e. The van der Waals surface area contributed by atoms with E-state index >= 15 is 0 Å². The number of nitrogens with zero attached hydrogens (tertiary/aromatic N) is 1. The summed E-state index contributed by atoms with van der Waals surface area (Å²) in [6.07, 6.45) is 0.309. The van der Waals surface area contributed by atoms with E-state index in [2.05, 4.69) is 10.1 Å². The number of esters is 1. The molecule has 7 nitrogen and oxygen atoms in total. The van der Waals surface area contributed by atoms with Crippen molar-refractivity contribution in [2.45, 2.75) is 37.1 Å². The average molecular weight is 374 g/mol. The Balaban J connectivity index is 2.56. The van der Waals surface area contributed by atoms with Crippen LogP contribution in [-0.4, -0.2) is 50.8 Å². The van der Waals surface area contributed by atoms with E-state index < -0.39 is 27.3 Å². The zero-order valence-electron chi connectivity index (χ0n) is 14.7. The van der Waals surface area contributed by atoms with Crippen LogP contribution in [0.15, 0.2) is 29.2 Å². The lowest BCUT2D eigenvalue weighted by molar-refractivity contribution is -0.149. The van der Waals surface area contributed by atoms with Gasteiger partial charge in [-0.05, 0) is 44.5 Å². The molecule has 1 amide bonds. The van der Waals surface area contributed by atoms with Gasteiger partial charge in [-0.15, -0.1) is 0 Å². The van der Waals surface area contributed by atoms with Crippen molar-refractivity contribution in [1.82, 2.24) is 9.62 Å². The van der Waals surface area contributed by atoms with E-state index in [0.29, 0.717) is 0 Å². The number of amides is 1. The Bertz CT molecular complexity index is 717. The molecule has 1 aromatic carbocycles. The van der Waals surface area contributed by atoms with E-state index in [4.69, 9.17) is 0 Å². The maximum atomic E-state index is 12.9. The van der Waals surface area contributed by atoms with Gasteiger partial charge in [0.05, 0.1) is 12.0 Å². The first-order valence-electron chi connectivity index (χ1n) is 7.62. The van der Waals surface area contributed by atoms with Crippen molar-refractivity contribution in [3.63, 3.8) is 0 Å². The summed E-state index contributed by atoms with van der Waals surface area (Å²) in [7, 11) is -1.13. The highest BCUT2D eigenvalue weighted by Gasteiger charge is 2.30. The van der Waals surface area contributed by atoms with Gasteiger partial charge in [0.1, 0.15) is 11.4 Å². The first kappa shape index (κ1) is 21.0. The maximum Gasteiger partial charge on any atom is 0.330 e. The molecular weight excluding hydrogens is 351 g/mol. The second-order valence-corrected chi connectivity index (χ2v) is 8.09. The SMILES string of the molecule is COC(=O)C(C)(C)NC(=O)CCCN(C)S(=O)(=O)c1ccc(F)cc1. The molecule has 25 heavy (non-hydrogen) atoms. The van der Waals surface area contributed by atoms with E-state index in [1.165, 1.54) is 40.1 Å². The maximum absolute atomic E-state index is 12.9. The summed E-state index contributed by atoms with van der Waals surface area (Å²) >= 11 is 0. The quantitative estimate of drug-likeness (QED) is 0.692. The third-order valence-corrected chi connectivity index (χ3v) is 5.42. The number of sulfonamides is 1. The molecule has 1 rings (SSSR count). The molecule has 0 saturated carbocycles. The minimum atomic E-state index is -3.75. The van der Waals surface area contributed by atoms with Crippen molar-refractivity contribution in [2.75, 3.05) is 20.7 Å². The molecule has 0 unspecified atom stereocenters. The minimum Gasteiger partial charge on any atom is -0.467 e. The lowest BCUT2D eigenvalue weighted by Gasteiger charge is -2.23. The number of nitrogens with one attached hydrogen (secondary N) is 1. The summed E-state index contributed by atoms with van der Waals surface area (Å²) in [6, 6.07) is 4.52. The molecule has 140 valence electrons. The van der Waals surface area contributed by atoms with Crippen LogP contribution >= 0.6 is 0 Å². The van der Waals surface area contributed by atoms with Gasteiger partial charge in [0, 0.05) is 20.0 Å². The molecule has 0 aromatic heterocycles. The second kappa shape index (κ2) is 8.39. The van der Waals surface area contributed by atoms with Crippen molar-refractivity contribution >= 4 is 21.9 Å². The third-order valence-electron chi connectivity index (χ3n) is 3.55. The standard InChI is InChI=1S/C16H23FN2O5S/c1-16(2,15(21)24-4)18-14(20)6-5-11-19(3)25(22,23)13-9-7-12(17)8-10-13/h7-10H,5-6,11H2,1-4H3,(H,18,20). The molecule has 0 atom stereocenters. The van der Waals surface area contributed by atoms with Crippen LogP contribution in [0, 0.1) is 5.82 Å². The molecule has 0 heterocycles. The Labute approximate surface area is 147 Å². The highest BCUT2D eigenvalue weighted by molar-refractivity contribution is 7.89. The van der Waals surface area contributed by atoms with E-state index in [1.54, 1.807) is 0 Å². The minimum absolute atomic E-state index is 0.0207.